The van der Waals surface area contributed by atoms with Gasteiger partial charge in [-0.3, -0.25) is 9.69 Å². The maximum absolute atomic E-state index is 11.7. The van der Waals surface area contributed by atoms with Crippen LogP contribution in [0.2, 0.25) is 0 Å². The average molecular weight is 277 g/mol. The van der Waals surface area contributed by atoms with Crippen molar-refractivity contribution < 1.29 is 9.90 Å². The molecule has 1 aliphatic rings. The summed E-state index contributed by atoms with van der Waals surface area (Å²) < 4.78 is 0. The van der Waals surface area contributed by atoms with Gasteiger partial charge in [0.1, 0.15) is 5.82 Å². The van der Waals surface area contributed by atoms with Crippen LogP contribution >= 0.6 is 0 Å². The number of carboxylic acid groups (broad SMARTS) is 1. The molecule has 1 N–H and O–H groups in total. The minimum atomic E-state index is -0.650. The van der Waals surface area contributed by atoms with E-state index in [1.807, 2.05) is 13.0 Å². The highest BCUT2D eigenvalue weighted by Gasteiger charge is 2.41. The molecule has 1 atom stereocenters. The third-order valence-electron chi connectivity index (χ3n) is 4.06. The molecule has 0 aliphatic carbocycles. The summed E-state index contributed by atoms with van der Waals surface area (Å²) in [5, 5.41) is 9.60. The Kier molecular flexibility index (Phi) is 4.70. The van der Waals surface area contributed by atoms with Gasteiger partial charge in [0.15, 0.2) is 0 Å². The highest BCUT2D eigenvalue weighted by Crippen LogP contribution is 2.35. The zero-order chi connectivity index (χ0) is 14.6. The summed E-state index contributed by atoms with van der Waals surface area (Å²) >= 11 is 0. The first kappa shape index (κ1) is 14.9. The van der Waals surface area contributed by atoms with Gasteiger partial charge in [0.05, 0.1) is 11.1 Å². The lowest BCUT2D eigenvalue weighted by Gasteiger charge is -2.39. The van der Waals surface area contributed by atoms with E-state index in [-0.39, 0.29) is 0 Å². The van der Waals surface area contributed by atoms with E-state index >= 15 is 0 Å². The molecule has 2 heterocycles. The molecule has 0 aromatic carbocycles. The average Bonchev–Trinajstić information content (AvgIpc) is 2.39. The van der Waals surface area contributed by atoms with Crippen LogP contribution < -0.4 is 0 Å². The molecule has 1 saturated heterocycles. The van der Waals surface area contributed by atoms with E-state index < -0.39 is 11.4 Å². The maximum Gasteiger partial charge on any atom is 0.310 e. The van der Waals surface area contributed by atoms with Crippen LogP contribution in [0, 0.1) is 12.3 Å². The summed E-state index contributed by atoms with van der Waals surface area (Å²) in [6, 6.07) is 1.91. The number of rotatable bonds is 5. The van der Waals surface area contributed by atoms with E-state index in [2.05, 4.69) is 21.8 Å². The molecule has 20 heavy (non-hydrogen) atoms. The van der Waals surface area contributed by atoms with Crippen molar-refractivity contribution in [2.24, 2.45) is 5.41 Å². The predicted octanol–water partition coefficient (Wildman–Crippen LogP) is 2.25. The smallest absolute Gasteiger partial charge is 0.310 e. The van der Waals surface area contributed by atoms with E-state index in [0.29, 0.717) is 13.1 Å². The van der Waals surface area contributed by atoms with Crippen molar-refractivity contribution >= 4 is 5.97 Å². The minimum absolute atomic E-state index is 0.574. The lowest BCUT2D eigenvalue weighted by atomic mass is 9.76. The molecule has 0 radical (unpaired) electrons. The molecule has 1 aromatic heterocycles. The first-order valence-corrected chi connectivity index (χ1v) is 7.30. The predicted molar refractivity (Wildman–Crippen MR) is 76.3 cm³/mol. The second-order valence-corrected chi connectivity index (χ2v) is 5.74. The van der Waals surface area contributed by atoms with Gasteiger partial charge >= 0.3 is 5.97 Å². The molecule has 0 bridgehead atoms. The van der Waals surface area contributed by atoms with E-state index in [9.17, 15) is 9.90 Å². The zero-order valence-corrected chi connectivity index (χ0v) is 12.3. The van der Waals surface area contributed by atoms with E-state index in [4.69, 9.17) is 0 Å². The highest BCUT2D eigenvalue weighted by molar-refractivity contribution is 5.75. The van der Waals surface area contributed by atoms with Gasteiger partial charge in [-0.05, 0) is 38.8 Å². The van der Waals surface area contributed by atoms with E-state index in [0.717, 1.165) is 43.7 Å². The van der Waals surface area contributed by atoms with Gasteiger partial charge in [-0.1, -0.05) is 13.3 Å². The Hall–Kier alpha value is -1.49. The third kappa shape index (κ3) is 3.33. The molecule has 0 saturated carbocycles. The Bertz CT molecular complexity index is 474. The van der Waals surface area contributed by atoms with E-state index in [1.54, 1.807) is 6.20 Å². The summed E-state index contributed by atoms with van der Waals surface area (Å²) in [5.74, 6) is 0.112. The standard InChI is InChI=1S/C15H23N3O2/c1-3-6-15(14(19)20)7-4-9-18(11-15)10-13-5-8-16-12(2)17-13/h5,8H,3-4,6-7,9-11H2,1-2H3,(H,19,20). The molecular weight excluding hydrogens is 254 g/mol. The van der Waals surface area contributed by atoms with Crippen LogP contribution in [-0.2, 0) is 11.3 Å². The number of likely N-dealkylation sites (tertiary alicyclic amines) is 1. The van der Waals surface area contributed by atoms with Crippen molar-refractivity contribution in [2.45, 2.75) is 46.1 Å². The molecule has 1 unspecified atom stereocenters. The number of aryl methyl sites for hydroxylation is 1. The minimum Gasteiger partial charge on any atom is -0.481 e. The van der Waals surface area contributed by atoms with Crippen LogP contribution in [0.1, 0.15) is 44.1 Å². The number of piperidine rings is 1. The molecule has 1 fully saturated rings. The zero-order valence-electron chi connectivity index (χ0n) is 12.3. The Morgan fingerprint density at radius 1 is 1.55 bits per heavy atom. The number of aromatic nitrogens is 2. The van der Waals surface area contributed by atoms with Crippen LogP contribution in [0.5, 0.6) is 0 Å². The number of hydrogen-bond donors (Lipinski definition) is 1. The first-order chi connectivity index (χ1) is 9.55. The molecule has 5 nitrogen and oxygen atoms in total. The number of hydrogen-bond acceptors (Lipinski definition) is 4. The summed E-state index contributed by atoms with van der Waals surface area (Å²) in [6.07, 6.45) is 5.15. The SMILES string of the molecule is CCCC1(C(=O)O)CCCN(Cc2ccnc(C)n2)C1. The van der Waals surface area contributed by atoms with E-state index in [1.165, 1.54) is 0 Å². The summed E-state index contributed by atoms with van der Waals surface area (Å²) in [5.41, 5.74) is 0.393. The normalized spacial score (nSPS) is 23.7. The summed E-state index contributed by atoms with van der Waals surface area (Å²) in [6.45, 7) is 6.21. The topological polar surface area (TPSA) is 66.3 Å². The lowest BCUT2D eigenvalue weighted by Crippen LogP contribution is -2.47. The quantitative estimate of drug-likeness (QED) is 0.894. The van der Waals surface area contributed by atoms with Crippen LogP contribution in [0.4, 0.5) is 0 Å². The fourth-order valence-corrected chi connectivity index (χ4v) is 3.15. The fourth-order valence-electron chi connectivity index (χ4n) is 3.15. The summed E-state index contributed by atoms with van der Waals surface area (Å²) in [7, 11) is 0. The second kappa shape index (κ2) is 6.31. The summed E-state index contributed by atoms with van der Waals surface area (Å²) in [4.78, 5) is 22.4. The molecule has 1 aromatic rings. The second-order valence-electron chi connectivity index (χ2n) is 5.74. The largest absolute Gasteiger partial charge is 0.481 e. The van der Waals surface area contributed by atoms with Gasteiger partial charge in [0.25, 0.3) is 0 Å². The first-order valence-electron chi connectivity index (χ1n) is 7.30. The monoisotopic (exact) mass is 277 g/mol. The Morgan fingerprint density at radius 2 is 2.35 bits per heavy atom. The number of carbonyl (C=O) groups is 1. The van der Waals surface area contributed by atoms with Crippen LogP contribution in [0.3, 0.4) is 0 Å². The van der Waals surface area contributed by atoms with Crippen LogP contribution in [0.25, 0.3) is 0 Å². The third-order valence-corrected chi connectivity index (χ3v) is 4.06. The lowest BCUT2D eigenvalue weighted by molar-refractivity contribution is -0.153. The number of nitrogens with zero attached hydrogens (tertiary/aromatic N) is 3. The van der Waals surface area contributed by atoms with Gasteiger partial charge in [-0.25, -0.2) is 9.97 Å². The van der Waals surface area contributed by atoms with Crippen molar-refractivity contribution in [3.63, 3.8) is 0 Å². The molecule has 0 amide bonds. The van der Waals surface area contributed by atoms with Crippen molar-refractivity contribution in [3.05, 3.63) is 23.8 Å². The fraction of sp³-hybridized carbons (Fsp3) is 0.667. The Balaban J connectivity index is 2.08. The van der Waals surface area contributed by atoms with Gasteiger partial charge < -0.3 is 5.11 Å². The Labute approximate surface area is 120 Å². The van der Waals surface area contributed by atoms with Gasteiger partial charge in [-0.2, -0.15) is 0 Å². The highest BCUT2D eigenvalue weighted by atomic mass is 16.4. The molecule has 0 spiro atoms. The van der Waals surface area contributed by atoms with Gasteiger partial charge in [-0.15, -0.1) is 0 Å². The molecule has 5 heteroatoms. The van der Waals surface area contributed by atoms with Crippen molar-refractivity contribution in [3.8, 4) is 0 Å². The van der Waals surface area contributed by atoms with Crippen molar-refractivity contribution in [2.75, 3.05) is 13.1 Å². The molecular formula is C15H23N3O2. The van der Waals surface area contributed by atoms with Crippen LogP contribution in [0.15, 0.2) is 12.3 Å². The van der Waals surface area contributed by atoms with Crippen LogP contribution in [-0.4, -0.2) is 39.0 Å². The molecule has 110 valence electrons. The molecule has 2 rings (SSSR count). The van der Waals surface area contributed by atoms with Gasteiger partial charge in [0.2, 0.25) is 0 Å². The van der Waals surface area contributed by atoms with Gasteiger partial charge in [0, 0.05) is 19.3 Å². The van der Waals surface area contributed by atoms with Crippen molar-refractivity contribution in [1.82, 2.24) is 14.9 Å². The van der Waals surface area contributed by atoms with Crippen molar-refractivity contribution in [1.29, 1.82) is 0 Å². The number of aliphatic carboxylic acids is 1. The Morgan fingerprint density at radius 3 is 3.00 bits per heavy atom. The number of carboxylic acids is 1. The maximum atomic E-state index is 11.7. The molecule has 1 aliphatic heterocycles.